The zero-order valence-electron chi connectivity index (χ0n) is 12.7. The van der Waals surface area contributed by atoms with Crippen LogP contribution in [0.15, 0.2) is 28.1 Å². The topological polar surface area (TPSA) is 59.9 Å². The van der Waals surface area contributed by atoms with E-state index >= 15 is 0 Å². The third-order valence-electron chi connectivity index (χ3n) is 4.22. The lowest BCUT2D eigenvalue weighted by molar-refractivity contribution is -0.115. The first-order valence-corrected chi connectivity index (χ1v) is 8.78. The molecule has 23 heavy (non-hydrogen) atoms. The van der Waals surface area contributed by atoms with E-state index in [0.29, 0.717) is 10.9 Å². The van der Waals surface area contributed by atoms with E-state index in [2.05, 4.69) is 5.32 Å². The zero-order valence-corrected chi connectivity index (χ0v) is 13.5. The number of amidine groups is 1. The molecule has 1 amide bonds. The van der Waals surface area contributed by atoms with Gasteiger partial charge in [0, 0.05) is 0 Å². The van der Waals surface area contributed by atoms with Gasteiger partial charge in [-0.05, 0) is 48.4 Å². The molecule has 3 aliphatic rings. The summed E-state index contributed by atoms with van der Waals surface area (Å²) < 4.78 is 10.7. The predicted octanol–water partition coefficient (Wildman–Crippen LogP) is 3.31. The van der Waals surface area contributed by atoms with Gasteiger partial charge in [0.25, 0.3) is 5.91 Å². The minimum Gasteiger partial charge on any atom is -0.454 e. The van der Waals surface area contributed by atoms with Crippen LogP contribution in [0.4, 0.5) is 0 Å². The molecule has 1 N–H and O–H groups in total. The van der Waals surface area contributed by atoms with Crippen LogP contribution in [-0.4, -0.2) is 23.9 Å². The van der Waals surface area contributed by atoms with Gasteiger partial charge in [0.2, 0.25) is 6.79 Å². The van der Waals surface area contributed by atoms with Crippen LogP contribution in [0, 0.1) is 0 Å². The number of hydrogen-bond donors (Lipinski definition) is 1. The number of fused-ring (bicyclic) bond motifs is 1. The first kappa shape index (κ1) is 14.6. The average molecular weight is 330 g/mol. The van der Waals surface area contributed by atoms with E-state index in [1.807, 2.05) is 24.3 Å². The number of benzene rings is 1. The van der Waals surface area contributed by atoms with Crippen molar-refractivity contribution in [2.45, 2.75) is 38.1 Å². The van der Waals surface area contributed by atoms with Gasteiger partial charge in [-0.1, -0.05) is 25.3 Å². The minimum atomic E-state index is -0.0813. The molecule has 4 rings (SSSR count). The summed E-state index contributed by atoms with van der Waals surface area (Å²) in [5, 5.41) is 3.60. The molecule has 0 spiro atoms. The zero-order chi connectivity index (χ0) is 15.6. The monoisotopic (exact) mass is 330 g/mol. The van der Waals surface area contributed by atoms with E-state index < -0.39 is 0 Å². The van der Waals surface area contributed by atoms with Crippen molar-refractivity contribution in [3.63, 3.8) is 0 Å². The second kappa shape index (κ2) is 6.28. The van der Waals surface area contributed by atoms with Crippen LogP contribution >= 0.6 is 11.8 Å². The highest BCUT2D eigenvalue weighted by Gasteiger charge is 2.25. The van der Waals surface area contributed by atoms with Crippen LogP contribution in [0.3, 0.4) is 0 Å². The molecule has 120 valence electrons. The highest BCUT2D eigenvalue weighted by Crippen LogP contribution is 2.34. The highest BCUT2D eigenvalue weighted by atomic mass is 32.2. The summed E-state index contributed by atoms with van der Waals surface area (Å²) in [6, 6.07) is 6.03. The van der Waals surface area contributed by atoms with Gasteiger partial charge in [0.1, 0.15) is 0 Å². The molecule has 0 unspecified atom stereocenters. The van der Waals surface area contributed by atoms with Crippen LogP contribution in [0.1, 0.15) is 37.7 Å². The fourth-order valence-corrected chi connectivity index (χ4v) is 3.91. The van der Waals surface area contributed by atoms with E-state index in [-0.39, 0.29) is 12.7 Å². The Hall–Kier alpha value is -1.95. The molecule has 0 atom stereocenters. The van der Waals surface area contributed by atoms with Crippen LogP contribution in [0.5, 0.6) is 11.5 Å². The normalized spacial score (nSPS) is 24.4. The lowest BCUT2D eigenvalue weighted by atomic mass is 9.96. The van der Waals surface area contributed by atoms with Crippen molar-refractivity contribution in [2.24, 2.45) is 4.99 Å². The Labute approximate surface area is 139 Å². The van der Waals surface area contributed by atoms with Gasteiger partial charge in [-0.25, -0.2) is 0 Å². The number of amides is 1. The van der Waals surface area contributed by atoms with E-state index in [9.17, 15) is 4.79 Å². The van der Waals surface area contributed by atoms with Crippen LogP contribution in [-0.2, 0) is 4.79 Å². The lowest BCUT2D eigenvalue weighted by Gasteiger charge is -2.17. The standard InChI is InChI=1S/C17H18N2O3S/c20-16-15(9-11-6-7-13-14(8-11)22-10-21-13)23-17(19-16)18-12-4-2-1-3-5-12/h6-9,12H,1-5,10H2,(H,18,19,20)/b15-9+. The molecule has 6 heteroatoms. The summed E-state index contributed by atoms with van der Waals surface area (Å²) >= 11 is 1.42. The molecule has 2 fully saturated rings. The Kier molecular flexibility index (Phi) is 3.99. The van der Waals surface area contributed by atoms with Crippen molar-refractivity contribution in [2.75, 3.05) is 6.79 Å². The molecule has 1 aromatic carbocycles. The maximum Gasteiger partial charge on any atom is 0.264 e. The molecule has 1 aliphatic carbocycles. The molecule has 0 aromatic heterocycles. The smallest absolute Gasteiger partial charge is 0.264 e. The van der Waals surface area contributed by atoms with Crippen molar-refractivity contribution in [3.05, 3.63) is 28.7 Å². The molecular weight excluding hydrogens is 312 g/mol. The van der Waals surface area contributed by atoms with Gasteiger partial charge < -0.3 is 14.8 Å². The van der Waals surface area contributed by atoms with E-state index in [0.717, 1.165) is 35.1 Å². The van der Waals surface area contributed by atoms with Gasteiger partial charge in [-0.3, -0.25) is 9.79 Å². The molecule has 5 nitrogen and oxygen atoms in total. The number of hydrogen-bond acceptors (Lipinski definition) is 5. The first-order valence-electron chi connectivity index (χ1n) is 7.96. The number of carbonyl (C=O) groups excluding carboxylic acids is 1. The fourth-order valence-electron chi connectivity index (χ4n) is 3.02. The molecule has 0 bridgehead atoms. The summed E-state index contributed by atoms with van der Waals surface area (Å²) in [6.07, 6.45) is 7.89. The van der Waals surface area contributed by atoms with Gasteiger partial charge in [-0.2, -0.15) is 0 Å². The number of carbonyl (C=O) groups is 1. The maximum atomic E-state index is 12.1. The first-order chi connectivity index (χ1) is 11.3. The van der Waals surface area contributed by atoms with Crippen molar-refractivity contribution < 1.29 is 14.3 Å². The van der Waals surface area contributed by atoms with Crippen molar-refractivity contribution in [3.8, 4) is 11.5 Å². The van der Waals surface area contributed by atoms with Crippen molar-refractivity contribution in [1.29, 1.82) is 0 Å². The lowest BCUT2D eigenvalue weighted by Crippen LogP contribution is -2.22. The summed E-state index contributed by atoms with van der Waals surface area (Å²) in [5.74, 6) is 1.39. The summed E-state index contributed by atoms with van der Waals surface area (Å²) in [4.78, 5) is 17.5. The molecule has 2 heterocycles. The Bertz CT molecular complexity index is 693. The number of ether oxygens (including phenoxy) is 2. The molecule has 0 radical (unpaired) electrons. The Balaban J connectivity index is 1.50. The van der Waals surface area contributed by atoms with Gasteiger partial charge >= 0.3 is 0 Å². The largest absolute Gasteiger partial charge is 0.454 e. The van der Waals surface area contributed by atoms with Crippen molar-refractivity contribution >= 4 is 28.9 Å². The van der Waals surface area contributed by atoms with Crippen LogP contribution in [0.2, 0.25) is 0 Å². The molecule has 1 saturated carbocycles. The van der Waals surface area contributed by atoms with Crippen molar-refractivity contribution in [1.82, 2.24) is 5.32 Å². The molecule has 1 saturated heterocycles. The SMILES string of the molecule is O=C1NC(=NC2CCCCC2)S/C1=C/c1ccc2c(c1)OCO2. The Morgan fingerprint density at radius 3 is 2.87 bits per heavy atom. The maximum absolute atomic E-state index is 12.1. The van der Waals surface area contributed by atoms with E-state index in [1.54, 1.807) is 0 Å². The molecule has 1 aromatic rings. The van der Waals surface area contributed by atoms with Gasteiger partial charge in [0.05, 0.1) is 10.9 Å². The minimum absolute atomic E-state index is 0.0813. The second-order valence-electron chi connectivity index (χ2n) is 5.90. The Morgan fingerprint density at radius 1 is 1.17 bits per heavy atom. The summed E-state index contributed by atoms with van der Waals surface area (Å²) in [5.41, 5.74) is 0.922. The third kappa shape index (κ3) is 3.22. The third-order valence-corrected chi connectivity index (χ3v) is 5.14. The van der Waals surface area contributed by atoms with E-state index in [4.69, 9.17) is 14.5 Å². The fraction of sp³-hybridized carbons (Fsp3) is 0.412. The van der Waals surface area contributed by atoms with Crippen LogP contribution in [0.25, 0.3) is 6.08 Å². The van der Waals surface area contributed by atoms with Crippen LogP contribution < -0.4 is 14.8 Å². The number of aliphatic imine (C=N–C) groups is 1. The highest BCUT2D eigenvalue weighted by molar-refractivity contribution is 8.18. The number of thioether (sulfide) groups is 1. The molecular formula is C17H18N2O3S. The number of nitrogens with one attached hydrogen (secondary N) is 1. The molecule has 2 aliphatic heterocycles. The van der Waals surface area contributed by atoms with Gasteiger partial charge in [0.15, 0.2) is 16.7 Å². The quantitative estimate of drug-likeness (QED) is 0.845. The second-order valence-corrected chi connectivity index (χ2v) is 6.93. The van der Waals surface area contributed by atoms with E-state index in [1.165, 1.54) is 31.0 Å². The summed E-state index contributed by atoms with van der Waals surface area (Å²) in [6.45, 7) is 0.253. The van der Waals surface area contributed by atoms with Gasteiger partial charge in [-0.15, -0.1) is 0 Å². The summed E-state index contributed by atoms with van der Waals surface area (Å²) in [7, 11) is 0. The average Bonchev–Trinajstić information content (AvgIpc) is 3.15. The predicted molar refractivity (Wildman–Crippen MR) is 90.6 cm³/mol. The number of nitrogens with zero attached hydrogens (tertiary/aromatic N) is 1. The Morgan fingerprint density at radius 2 is 2.00 bits per heavy atom. The number of rotatable bonds is 2.